The third kappa shape index (κ3) is 2.32. The molecule has 1 fully saturated rings. The van der Waals surface area contributed by atoms with E-state index in [4.69, 9.17) is 0 Å². The lowest BCUT2D eigenvalue weighted by atomic mass is 10.3. The van der Waals surface area contributed by atoms with Crippen LogP contribution in [0.2, 0.25) is 0 Å². The van der Waals surface area contributed by atoms with Crippen LogP contribution in [-0.2, 0) is 6.67 Å². The first-order chi connectivity index (χ1) is 6.34. The lowest BCUT2D eigenvalue weighted by molar-refractivity contribution is 0.125. The first kappa shape index (κ1) is 8.78. The average Bonchev–Trinajstić information content (AvgIpc) is 2.62. The highest BCUT2D eigenvalue weighted by Crippen LogP contribution is 2.01. The normalized spacial score (nSPS) is 20.7. The molecule has 0 saturated carbocycles. The van der Waals surface area contributed by atoms with Crippen molar-refractivity contribution in [3.8, 4) is 0 Å². The van der Waals surface area contributed by atoms with Gasteiger partial charge in [0.1, 0.15) is 0 Å². The predicted molar refractivity (Wildman–Crippen MR) is 53.5 cm³/mol. The summed E-state index contributed by atoms with van der Waals surface area (Å²) in [7, 11) is 2.19. The molecular formula is C10H17N3. The largest absolute Gasteiger partial charge is 0.341 e. The Kier molecular flexibility index (Phi) is 2.66. The maximum Gasteiger partial charge on any atom is 0.0745 e. The van der Waals surface area contributed by atoms with Gasteiger partial charge in [-0.2, -0.15) is 0 Å². The Labute approximate surface area is 79.6 Å². The minimum absolute atomic E-state index is 1.04. The van der Waals surface area contributed by atoms with Crippen LogP contribution in [-0.4, -0.2) is 47.6 Å². The molecular weight excluding hydrogens is 162 g/mol. The molecule has 0 aliphatic carbocycles. The Morgan fingerprint density at radius 3 is 2.23 bits per heavy atom. The predicted octanol–water partition coefficient (Wildman–Crippen LogP) is 0.693. The van der Waals surface area contributed by atoms with Crippen molar-refractivity contribution >= 4 is 0 Å². The molecule has 13 heavy (non-hydrogen) atoms. The van der Waals surface area contributed by atoms with E-state index in [2.05, 4.69) is 45.9 Å². The van der Waals surface area contributed by atoms with E-state index < -0.39 is 0 Å². The Hall–Kier alpha value is -0.800. The van der Waals surface area contributed by atoms with Gasteiger partial charge >= 0.3 is 0 Å². The van der Waals surface area contributed by atoms with Crippen LogP contribution in [0.5, 0.6) is 0 Å². The summed E-state index contributed by atoms with van der Waals surface area (Å²) in [5.41, 5.74) is 0. The maximum atomic E-state index is 2.49. The van der Waals surface area contributed by atoms with Crippen molar-refractivity contribution in [2.24, 2.45) is 0 Å². The zero-order valence-electron chi connectivity index (χ0n) is 8.19. The Balaban J connectivity index is 1.83. The van der Waals surface area contributed by atoms with E-state index in [-0.39, 0.29) is 0 Å². The van der Waals surface area contributed by atoms with Gasteiger partial charge in [-0.05, 0) is 19.2 Å². The average molecular weight is 179 g/mol. The van der Waals surface area contributed by atoms with E-state index in [9.17, 15) is 0 Å². The molecule has 0 spiro atoms. The number of hydrogen-bond acceptors (Lipinski definition) is 2. The van der Waals surface area contributed by atoms with Crippen LogP contribution < -0.4 is 0 Å². The molecule has 0 unspecified atom stereocenters. The van der Waals surface area contributed by atoms with Gasteiger partial charge in [-0.15, -0.1) is 0 Å². The summed E-state index contributed by atoms with van der Waals surface area (Å²) < 4.78 is 2.23. The standard InChI is InChI=1S/C10H17N3/c1-11-6-8-13(9-7-11)10-12-4-2-3-5-12/h2-5H,6-10H2,1H3. The second-order valence-electron chi connectivity index (χ2n) is 3.76. The zero-order chi connectivity index (χ0) is 9.10. The lowest BCUT2D eigenvalue weighted by Crippen LogP contribution is -2.44. The van der Waals surface area contributed by atoms with Gasteiger partial charge in [0.25, 0.3) is 0 Å². The van der Waals surface area contributed by atoms with E-state index in [0.717, 1.165) is 6.67 Å². The third-order valence-electron chi connectivity index (χ3n) is 2.63. The molecule has 1 aliphatic heterocycles. The fourth-order valence-electron chi connectivity index (χ4n) is 1.68. The van der Waals surface area contributed by atoms with Crippen molar-refractivity contribution in [3.63, 3.8) is 0 Å². The van der Waals surface area contributed by atoms with Gasteiger partial charge in [-0.3, -0.25) is 4.90 Å². The second-order valence-corrected chi connectivity index (χ2v) is 3.76. The van der Waals surface area contributed by atoms with Crippen LogP contribution in [0.1, 0.15) is 0 Å². The Morgan fingerprint density at radius 2 is 1.62 bits per heavy atom. The third-order valence-corrected chi connectivity index (χ3v) is 2.63. The molecule has 0 N–H and O–H groups in total. The fourth-order valence-corrected chi connectivity index (χ4v) is 1.68. The molecule has 2 heterocycles. The van der Waals surface area contributed by atoms with Crippen LogP contribution >= 0.6 is 0 Å². The molecule has 3 heteroatoms. The Morgan fingerprint density at radius 1 is 1.00 bits per heavy atom. The zero-order valence-corrected chi connectivity index (χ0v) is 8.19. The van der Waals surface area contributed by atoms with Gasteiger partial charge in [0.05, 0.1) is 6.67 Å². The van der Waals surface area contributed by atoms with Gasteiger partial charge in [0, 0.05) is 38.6 Å². The first-order valence-electron chi connectivity index (χ1n) is 4.86. The summed E-state index contributed by atoms with van der Waals surface area (Å²) >= 11 is 0. The van der Waals surface area contributed by atoms with Crippen molar-refractivity contribution in [1.29, 1.82) is 0 Å². The monoisotopic (exact) mass is 179 g/mol. The maximum absolute atomic E-state index is 2.49. The van der Waals surface area contributed by atoms with Crippen molar-refractivity contribution in [2.75, 3.05) is 33.2 Å². The number of nitrogens with zero attached hydrogens (tertiary/aromatic N) is 3. The van der Waals surface area contributed by atoms with Crippen molar-refractivity contribution < 1.29 is 0 Å². The van der Waals surface area contributed by atoms with Crippen LogP contribution in [0, 0.1) is 0 Å². The van der Waals surface area contributed by atoms with E-state index >= 15 is 0 Å². The molecule has 0 aromatic carbocycles. The summed E-state index contributed by atoms with van der Waals surface area (Å²) in [6, 6.07) is 4.16. The highest BCUT2D eigenvalue weighted by molar-refractivity contribution is 4.90. The molecule has 3 nitrogen and oxygen atoms in total. The quantitative estimate of drug-likeness (QED) is 0.662. The molecule has 0 amide bonds. The molecule has 72 valence electrons. The molecule has 2 rings (SSSR count). The molecule has 0 radical (unpaired) electrons. The van der Waals surface area contributed by atoms with Gasteiger partial charge in [-0.25, -0.2) is 0 Å². The number of hydrogen-bond donors (Lipinski definition) is 0. The van der Waals surface area contributed by atoms with E-state index in [1.54, 1.807) is 0 Å². The highest BCUT2D eigenvalue weighted by atomic mass is 15.3. The van der Waals surface area contributed by atoms with E-state index in [1.807, 2.05) is 0 Å². The lowest BCUT2D eigenvalue weighted by Gasteiger charge is -2.32. The summed E-state index contributed by atoms with van der Waals surface area (Å²) in [6.07, 6.45) is 4.25. The molecule has 1 aromatic rings. The van der Waals surface area contributed by atoms with Crippen LogP contribution in [0.3, 0.4) is 0 Å². The van der Waals surface area contributed by atoms with E-state index in [0.29, 0.717) is 0 Å². The van der Waals surface area contributed by atoms with Gasteiger partial charge in [-0.1, -0.05) is 0 Å². The van der Waals surface area contributed by atoms with Crippen LogP contribution in [0.4, 0.5) is 0 Å². The molecule has 1 aromatic heterocycles. The van der Waals surface area contributed by atoms with Gasteiger partial charge < -0.3 is 9.47 Å². The number of likely N-dealkylation sites (N-methyl/N-ethyl adjacent to an activating group) is 1. The topological polar surface area (TPSA) is 11.4 Å². The van der Waals surface area contributed by atoms with Gasteiger partial charge in [0.15, 0.2) is 0 Å². The summed E-state index contributed by atoms with van der Waals surface area (Å²) in [5.74, 6) is 0. The number of piperazine rings is 1. The molecule has 1 saturated heterocycles. The smallest absolute Gasteiger partial charge is 0.0745 e. The van der Waals surface area contributed by atoms with Crippen molar-refractivity contribution in [3.05, 3.63) is 24.5 Å². The van der Waals surface area contributed by atoms with Crippen LogP contribution in [0.25, 0.3) is 0 Å². The molecule has 0 bridgehead atoms. The van der Waals surface area contributed by atoms with Crippen molar-refractivity contribution in [1.82, 2.24) is 14.4 Å². The number of aromatic nitrogens is 1. The fraction of sp³-hybridized carbons (Fsp3) is 0.600. The SMILES string of the molecule is CN1CCN(Cn2cccc2)CC1. The molecule has 0 atom stereocenters. The first-order valence-corrected chi connectivity index (χ1v) is 4.86. The number of rotatable bonds is 2. The van der Waals surface area contributed by atoms with Gasteiger partial charge in [0.2, 0.25) is 0 Å². The highest BCUT2D eigenvalue weighted by Gasteiger charge is 2.12. The summed E-state index contributed by atoms with van der Waals surface area (Å²) in [6.45, 7) is 5.81. The summed E-state index contributed by atoms with van der Waals surface area (Å²) in [5, 5.41) is 0. The van der Waals surface area contributed by atoms with Crippen molar-refractivity contribution in [2.45, 2.75) is 6.67 Å². The minimum atomic E-state index is 1.04. The molecule has 1 aliphatic rings. The van der Waals surface area contributed by atoms with E-state index in [1.165, 1.54) is 26.2 Å². The minimum Gasteiger partial charge on any atom is -0.341 e. The Bertz CT molecular complexity index is 235. The summed E-state index contributed by atoms with van der Waals surface area (Å²) in [4.78, 5) is 4.87. The second kappa shape index (κ2) is 3.94. The van der Waals surface area contributed by atoms with Crippen LogP contribution in [0.15, 0.2) is 24.5 Å².